The first-order valence-electron chi connectivity index (χ1n) is 6.58. The molecule has 1 heterocycles. The summed E-state index contributed by atoms with van der Waals surface area (Å²) in [6.45, 7) is 0.537. The molecule has 0 amide bonds. The third kappa shape index (κ3) is 3.17. The number of phenolic OH excluding ortho intramolecular Hbond substituents is 2. The molecule has 0 saturated carbocycles. The van der Waals surface area contributed by atoms with E-state index < -0.39 is 0 Å². The van der Waals surface area contributed by atoms with Crippen molar-refractivity contribution >= 4 is 16.5 Å². The van der Waals surface area contributed by atoms with E-state index in [0.29, 0.717) is 22.9 Å². The van der Waals surface area contributed by atoms with Gasteiger partial charge < -0.3 is 15.5 Å². The second-order valence-corrected chi connectivity index (χ2v) is 5.58. The summed E-state index contributed by atoms with van der Waals surface area (Å²) in [5.41, 5.74) is 2.14. The molecule has 112 valence electrons. The molecule has 0 atom stereocenters. The van der Waals surface area contributed by atoms with E-state index in [1.54, 1.807) is 18.2 Å². The van der Waals surface area contributed by atoms with E-state index in [-0.39, 0.29) is 17.3 Å². The van der Waals surface area contributed by atoms with E-state index >= 15 is 0 Å². The van der Waals surface area contributed by atoms with E-state index in [4.69, 9.17) is 0 Å². The van der Waals surface area contributed by atoms with Crippen LogP contribution in [0.1, 0.15) is 5.56 Å². The Balaban J connectivity index is 1.72. The molecule has 0 fully saturated rings. The van der Waals surface area contributed by atoms with E-state index in [1.807, 2.05) is 5.38 Å². The summed E-state index contributed by atoms with van der Waals surface area (Å²) in [4.78, 5) is 4.40. The first-order chi connectivity index (χ1) is 10.6. The van der Waals surface area contributed by atoms with E-state index in [2.05, 4.69) is 10.3 Å². The molecule has 0 aliphatic rings. The third-order valence-electron chi connectivity index (χ3n) is 3.12. The number of thiazole rings is 1. The molecule has 3 aromatic rings. The fraction of sp³-hybridized carbons (Fsp3) is 0.0625. The highest BCUT2D eigenvalue weighted by Gasteiger charge is 2.09. The molecular formula is C16H13FN2O2S. The van der Waals surface area contributed by atoms with Gasteiger partial charge in [0, 0.05) is 23.6 Å². The number of phenols is 2. The second kappa shape index (κ2) is 6.03. The number of nitrogens with zero attached hydrogens (tertiary/aromatic N) is 1. The van der Waals surface area contributed by atoms with Crippen LogP contribution in [0.5, 0.6) is 11.5 Å². The summed E-state index contributed by atoms with van der Waals surface area (Å²) in [6, 6.07) is 10.6. The number of aromatic hydroxyl groups is 2. The second-order valence-electron chi connectivity index (χ2n) is 4.72. The monoisotopic (exact) mass is 316 g/mol. The number of hydrogen-bond donors (Lipinski definition) is 3. The fourth-order valence-corrected chi connectivity index (χ4v) is 2.70. The van der Waals surface area contributed by atoms with Crippen LogP contribution in [-0.2, 0) is 6.54 Å². The Morgan fingerprint density at radius 2 is 1.86 bits per heavy atom. The van der Waals surface area contributed by atoms with Crippen molar-refractivity contribution in [2.75, 3.05) is 5.32 Å². The Morgan fingerprint density at radius 3 is 2.59 bits per heavy atom. The summed E-state index contributed by atoms with van der Waals surface area (Å²) < 4.78 is 12.8. The van der Waals surface area contributed by atoms with Crippen LogP contribution in [0, 0.1) is 5.82 Å². The van der Waals surface area contributed by atoms with Crippen LogP contribution in [0.4, 0.5) is 9.52 Å². The van der Waals surface area contributed by atoms with Crippen molar-refractivity contribution in [1.29, 1.82) is 0 Å². The molecule has 0 saturated heterocycles. The lowest BCUT2D eigenvalue weighted by atomic mass is 10.1. The van der Waals surface area contributed by atoms with Gasteiger partial charge in [-0.25, -0.2) is 9.37 Å². The zero-order chi connectivity index (χ0) is 15.5. The van der Waals surface area contributed by atoms with Crippen molar-refractivity contribution in [3.63, 3.8) is 0 Å². The van der Waals surface area contributed by atoms with Crippen LogP contribution >= 0.6 is 11.3 Å². The molecule has 6 heteroatoms. The summed E-state index contributed by atoms with van der Waals surface area (Å²) in [7, 11) is 0. The molecule has 0 aliphatic heterocycles. The molecule has 0 radical (unpaired) electrons. The number of aromatic nitrogens is 1. The normalized spacial score (nSPS) is 10.6. The van der Waals surface area contributed by atoms with Gasteiger partial charge >= 0.3 is 0 Å². The third-order valence-corrected chi connectivity index (χ3v) is 3.92. The molecule has 0 spiro atoms. The van der Waals surface area contributed by atoms with E-state index in [9.17, 15) is 14.6 Å². The highest BCUT2D eigenvalue weighted by Crippen LogP contribution is 2.33. The van der Waals surface area contributed by atoms with Crippen molar-refractivity contribution in [1.82, 2.24) is 4.98 Å². The lowest BCUT2D eigenvalue weighted by Gasteiger charge is -2.03. The zero-order valence-corrected chi connectivity index (χ0v) is 12.3. The molecule has 3 rings (SSSR count). The van der Waals surface area contributed by atoms with Gasteiger partial charge in [0.2, 0.25) is 0 Å². The summed E-state index contributed by atoms with van der Waals surface area (Å²) in [6.07, 6.45) is 0. The number of halogens is 1. The van der Waals surface area contributed by atoms with Gasteiger partial charge in [-0.3, -0.25) is 0 Å². The standard InChI is InChI=1S/C16H13FN2O2S/c17-11-3-1-10(2-4-11)8-18-16-19-14(9-22-16)13-6-5-12(20)7-15(13)21/h1-7,9,20-21H,8H2,(H,18,19). The maximum absolute atomic E-state index is 12.8. The Kier molecular flexibility index (Phi) is 3.93. The maximum atomic E-state index is 12.8. The molecule has 4 nitrogen and oxygen atoms in total. The fourth-order valence-electron chi connectivity index (χ4n) is 2.00. The molecule has 2 aromatic carbocycles. The Bertz CT molecular complexity index is 787. The number of nitrogens with one attached hydrogen (secondary N) is 1. The van der Waals surface area contributed by atoms with Crippen LogP contribution in [0.3, 0.4) is 0 Å². The molecule has 1 aromatic heterocycles. The number of rotatable bonds is 4. The average Bonchev–Trinajstić information content (AvgIpc) is 2.95. The SMILES string of the molecule is Oc1ccc(-c2csc(NCc3ccc(F)cc3)n2)c(O)c1. The van der Waals surface area contributed by atoms with Crippen LogP contribution < -0.4 is 5.32 Å². The minimum atomic E-state index is -0.261. The van der Waals surface area contributed by atoms with Crippen molar-refractivity contribution in [2.24, 2.45) is 0 Å². The van der Waals surface area contributed by atoms with Crippen molar-refractivity contribution < 1.29 is 14.6 Å². The van der Waals surface area contributed by atoms with Gasteiger partial charge in [0.15, 0.2) is 5.13 Å². The molecular weight excluding hydrogens is 303 g/mol. The predicted octanol–water partition coefficient (Wildman–Crippen LogP) is 3.97. The number of hydrogen-bond acceptors (Lipinski definition) is 5. The van der Waals surface area contributed by atoms with Gasteiger partial charge in [-0.1, -0.05) is 12.1 Å². The van der Waals surface area contributed by atoms with E-state index in [0.717, 1.165) is 5.56 Å². The minimum absolute atomic E-state index is 0.00568. The van der Waals surface area contributed by atoms with Crippen LogP contribution in [0.15, 0.2) is 47.8 Å². The smallest absolute Gasteiger partial charge is 0.183 e. The average molecular weight is 316 g/mol. The molecule has 3 N–H and O–H groups in total. The Labute approximate surface area is 130 Å². The largest absolute Gasteiger partial charge is 0.508 e. The number of anilines is 1. The quantitative estimate of drug-likeness (QED) is 0.681. The lowest BCUT2D eigenvalue weighted by Crippen LogP contribution is -1.98. The summed E-state index contributed by atoms with van der Waals surface area (Å²) in [5, 5.41) is 24.8. The van der Waals surface area contributed by atoms with Gasteiger partial charge in [0.1, 0.15) is 17.3 Å². The maximum Gasteiger partial charge on any atom is 0.183 e. The molecule has 0 aliphatic carbocycles. The number of benzene rings is 2. The van der Waals surface area contributed by atoms with Crippen LogP contribution in [0.25, 0.3) is 11.3 Å². The highest BCUT2D eigenvalue weighted by molar-refractivity contribution is 7.14. The Hall–Kier alpha value is -2.60. The van der Waals surface area contributed by atoms with Crippen molar-refractivity contribution in [2.45, 2.75) is 6.54 Å². The molecule has 0 unspecified atom stereocenters. The summed E-state index contributed by atoms with van der Waals surface area (Å²) in [5.74, 6) is -0.274. The lowest BCUT2D eigenvalue weighted by molar-refractivity contribution is 0.452. The molecule has 0 bridgehead atoms. The minimum Gasteiger partial charge on any atom is -0.508 e. The predicted molar refractivity (Wildman–Crippen MR) is 84.6 cm³/mol. The van der Waals surface area contributed by atoms with Crippen molar-refractivity contribution in [3.05, 3.63) is 59.2 Å². The van der Waals surface area contributed by atoms with Gasteiger partial charge in [-0.15, -0.1) is 11.3 Å². The van der Waals surface area contributed by atoms with Crippen LogP contribution in [0.2, 0.25) is 0 Å². The zero-order valence-electron chi connectivity index (χ0n) is 11.5. The van der Waals surface area contributed by atoms with E-state index in [1.165, 1.54) is 35.6 Å². The Morgan fingerprint density at radius 1 is 1.09 bits per heavy atom. The van der Waals surface area contributed by atoms with Gasteiger partial charge in [0.05, 0.1) is 5.69 Å². The molecule has 22 heavy (non-hydrogen) atoms. The van der Waals surface area contributed by atoms with Gasteiger partial charge in [-0.05, 0) is 29.8 Å². The van der Waals surface area contributed by atoms with Crippen molar-refractivity contribution in [3.8, 4) is 22.8 Å². The topological polar surface area (TPSA) is 65.4 Å². The summed E-state index contributed by atoms with van der Waals surface area (Å²) >= 11 is 1.41. The van der Waals surface area contributed by atoms with Gasteiger partial charge in [-0.2, -0.15) is 0 Å². The first kappa shape index (κ1) is 14.3. The highest BCUT2D eigenvalue weighted by atomic mass is 32.1. The van der Waals surface area contributed by atoms with Gasteiger partial charge in [0.25, 0.3) is 0 Å². The van der Waals surface area contributed by atoms with Crippen LogP contribution in [-0.4, -0.2) is 15.2 Å². The first-order valence-corrected chi connectivity index (χ1v) is 7.46.